The van der Waals surface area contributed by atoms with Gasteiger partial charge in [0, 0.05) is 24.0 Å². The lowest BCUT2D eigenvalue weighted by atomic mass is 9.86. The quantitative estimate of drug-likeness (QED) is 0.167. The summed E-state index contributed by atoms with van der Waals surface area (Å²) in [4.78, 5) is 37.6. The molecule has 0 saturated heterocycles. The molecule has 0 heterocycles. The van der Waals surface area contributed by atoms with Crippen LogP contribution in [-0.2, 0) is 14.4 Å². The SMILES string of the molecule is N=CC(CCCCN)(NC(=O)CCC1CCCCC1)C(=O)Nc1cccc(NC(=O)CCl)c1. The number of unbranched alkanes of at least 4 members (excludes halogenated alkanes) is 1. The van der Waals surface area contributed by atoms with E-state index in [1.54, 1.807) is 24.3 Å². The van der Waals surface area contributed by atoms with Gasteiger partial charge < -0.3 is 27.1 Å². The van der Waals surface area contributed by atoms with Gasteiger partial charge in [-0.05, 0) is 56.3 Å². The number of alkyl halides is 1. The molecule has 1 aliphatic carbocycles. The molecule has 1 saturated carbocycles. The number of anilines is 2. The molecule has 1 fully saturated rings. The van der Waals surface area contributed by atoms with Crippen molar-refractivity contribution in [3.05, 3.63) is 24.3 Å². The van der Waals surface area contributed by atoms with E-state index >= 15 is 0 Å². The average molecular weight is 478 g/mol. The van der Waals surface area contributed by atoms with Crippen molar-refractivity contribution in [2.75, 3.05) is 23.1 Å². The van der Waals surface area contributed by atoms with Gasteiger partial charge in [0.1, 0.15) is 5.88 Å². The van der Waals surface area contributed by atoms with Gasteiger partial charge in [-0.2, -0.15) is 0 Å². The highest BCUT2D eigenvalue weighted by Gasteiger charge is 2.37. The molecule has 1 aliphatic rings. The fourth-order valence-corrected chi connectivity index (χ4v) is 4.26. The topological polar surface area (TPSA) is 137 Å². The molecule has 3 amide bonds. The smallest absolute Gasteiger partial charge is 0.255 e. The van der Waals surface area contributed by atoms with Crippen LogP contribution in [0.5, 0.6) is 0 Å². The highest BCUT2D eigenvalue weighted by Crippen LogP contribution is 2.27. The van der Waals surface area contributed by atoms with Crippen molar-refractivity contribution in [1.29, 1.82) is 5.41 Å². The molecule has 0 aliphatic heterocycles. The van der Waals surface area contributed by atoms with Crippen molar-refractivity contribution in [3.8, 4) is 0 Å². The summed E-state index contributed by atoms with van der Waals surface area (Å²) in [6.45, 7) is 0.466. The molecule has 8 nitrogen and oxygen atoms in total. The first kappa shape index (κ1) is 26.8. The minimum atomic E-state index is -1.46. The van der Waals surface area contributed by atoms with Gasteiger partial charge in [-0.3, -0.25) is 14.4 Å². The number of rotatable bonds is 13. The number of hydrogen-bond acceptors (Lipinski definition) is 5. The van der Waals surface area contributed by atoms with E-state index in [0.717, 1.165) is 25.5 Å². The minimum Gasteiger partial charge on any atom is -0.337 e. The highest BCUT2D eigenvalue weighted by molar-refractivity contribution is 6.29. The van der Waals surface area contributed by atoms with Crippen LogP contribution >= 0.6 is 11.6 Å². The third kappa shape index (κ3) is 8.78. The third-order valence-electron chi connectivity index (χ3n) is 6.07. The van der Waals surface area contributed by atoms with Crippen LogP contribution in [0.25, 0.3) is 0 Å². The number of nitrogens with two attached hydrogens (primary N) is 1. The number of carbonyl (C=O) groups is 3. The van der Waals surface area contributed by atoms with Crippen molar-refractivity contribution in [3.63, 3.8) is 0 Å². The molecule has 0 spiro atoms. The van der Waals surface area contributed by atoms with E-state index in [-0.39, 0.29) is 24.1 Å². The van der Waals surface area contributed by atoms with Gasteiger partial charge >= 0.3 is 0 Å². The number of hydrogen-bond donors (Lipinski definition) is 5. The summed E-state index contributed by atoms with van der Waals surface area (Å²) in [6.07, 6.45) is 9.68. The van der Waals surface area contributed by atoms with Gasteiger partial charge in [0.25, 0.3) is 5.91 Å². The minimum absolute atomic E-state index is 0.179. The first-order chi connectivity index (χ1) is 15.9. The molecule has 1 unspecified atom stereocenters. The summed E-state index contributed by atoms with van der Waals surface area (Å²) >= 11 is 5.53. The van der Waals surface area contributed by atoms with E-state index in [1.165, 1.54) is 19.3 Å². The average Bonchev–Trinajstić information content (AvgIpc) is 2.83. The fraction of sp³-hybridized carbons (Fsp3) is 0.583. The zero-order valence-electron chi connectivity index (χ0n) is 19.1. The van der Waals surface area contributed by atoms with E-state index in [1.807, 2.05) is 0 Å². The summed E-state index contributed by atoms with van der Waals surface area (Å²) in [6, 6.07) is 6.64. The maximum Gasteiger partial charge on any atom is 0.255 e. The summed E-state index contributed by atoms with van der Waals surface area (Å²) < 4.78 is 0. The van der Waals surface area contributed by atoms with Gasteiger partial charge in [0.15, 0.2) is 5.54 Å². The Morgan fingerprint density at radius 2 is 1.79 bits per heavy atom. The first-order valence-corrected chi connectivity index (χ1v) is 12.3. The van der Waals surface area contributed by atoms with E-state index in [9.17, 15) is 14.4 Å². The molecule has 0 aromatic heterocycles. The number of halogens is 1. The van der Waals surface area contributed by atoms with E-state index in [2.05, 4.69) is 16.0 Å². The van der Waals surface area contributed by atoms with Crippen LogP contribution in [0.4, 0.5) is 11.4 Å². The lowest BCUT2D eigenvalue weighted by Crippen LogP contribution is -2.58. The Hall–Kier alpha value is -2.45. The molecule has 0 radical (unpaired) electrons. The summed E-state index contributed by atoms with van der Waals surface area (Å²) in [5.74, 6) is -0.713. The summed E-state index contributed by atoms with van der Waals surface area (Å²) in [7, 11) is 0. The second kappa shape index (κ2) is 14.0. The van der Waals surface area contributed by atoms with Gasteiger partial charge in [0.2, 0.25) is 11.8 Å². The first-order valence-electron chi connectivity index (χ1n) is 11.7. The highest BCUT2D eigenvalue weighted by atomic mass is 35.5. The molecular weight excluding hydrogens is 442 g/mol. The van der Waals surface area contributed by atoms with Gasteiger partial charge in [-0.1, -0.05) is 38.2 Å². The molecule has 182 valence electrons. The second-order valence-electron chi connectivity index (χ2n) is 8.67. The summed E-state index contributed by atoms with van der Waals surface area (Å²) in [5, 5.41) is 16.3. The Balaban J connectivity index is 2.09. The summed E-state index contributed by atoms with van der Waals surface area (Å²) in [5.41, 5.74) is 5.07. The zero-order chi connectivity index (χ0) is 24.1. The Kier molecular flexibility index (Phi) is 11.3. The Bertz CT molecular complexity index is 813. The van der Waals surface area contributed by atoms with E-state index in [4.69, 9.17) is 22.7 Å². The molecule has 1 aromatic rings. The Morgan fingerprint density at radius 1 is 1.09 bits per heavy atom. The normalized spacial score (nSPS) is 15.8. The van der Waals surface area contributed by atoms with Crippen LogP contribution in [0.2, 0.25) is 0 Å². The fourth-order valence-electron chi connectivity index (χ4n) is 4.19. The van der Waals surface area contributed by atoms with Crippen LogP contribution in [0, 0.1) is 11.3 Å². The predicted octanol–water partition coefficient (Wildman–Crippen LogP) is 3.80. The van der Waals surface area contributed by atoms with Crippen molar-refractivity contribution in [2.45, 2.75) is 69.7 Å². The van der Waals surface area contributed by atoms with Crippen molar-refractivity contribution >= 4 is 46.9 Å². The standard InChI is InChI=1S/C24H36ClN5O3/c25-16-22(32)28-19-9-6-10-20(15-19)29-23(33)24(17-27,13-4-5-14-26)30-21(31)12-11-18-7-2-1-3-8-18/h6,9-10,15,17-18,27H,1-5,7-8,11-14,16,26H2,(H,28,32)(H,29,33)(H,30,31). The monoisotopic (exact) mass is 477 g/mol. The molecule has 2 rings (SSSR count). The number of carbonyl (C=O) groups excluding carboxylic acids is 3. The second-order valence-corrected chi connectivity index (χ2v) is 8.94. The van der Waals surface area contributed by atoms with Crippen LogP contribution in [0.15, 0.2) is 24.3 Å². The maximum atomic E-state index is 13.3. The maximum absolute atomic E-state index is 13.3. The van der Waals surface area contributed by atoms with Crippen LogP contribution in [-0.4, -0.2) is 41.9 Å². The molecule has 0 bridgehead atoms. The van der Waals surface area contributed by atoms with Crippen molar-refractivity contribution in [2.24, 2.45) is 11.7 Å². The van der Waals surface area contributed by atoms with Crippen molar-refractivity contribution < 1.29 is 14.4 Å². The molecule has 1 atom stereocenters. The number of nitrogens with one attached hydrogen (secondary N) is 4. The van der Waals surface area contributed by atoms with Gasteiger partial charge in [-0.15, -0.1) is 11.6 Å². The Morgan fingerprint density at radius 3 is 2.42 bits per heavy atom. The van der Waals surface area contributed by atoms with Crippen LogP contribution < -0.4 is 21.7 Å². The van der Waals surface area contributed by atoms with Crippen LogP contribution in [0.1, 0.15) is 64.2 Å². The molecule has 1 aromatic carbocycles. The molecule has 6 N–H and O–H groups in total. The number of amides is 3. The van der Waals surface area contributed by atoms with E-state index in [0.29, 0.717) is 43.1 Å². The predicted molar refractivity (Wildman–Crippen MR) is 133 cm³/mol. The zero-order valence-corrected chi connectivity index (χ0v) is 19.9. The Labute approximate surface area is 200 Å². The third-order valence-corrected chi connectivity index (χ3v) is 6.31. The largest absolute Gasteiger partial charge is 0.337 e. The lowest BCUT2D eigenvalue weighted by molar-refractivity contribution is -0.128. The van der Waals surface area contributed by atoms with Crippen LogP contribution in [0.3, 0.4) is 0 Å². The van der Waals surface area contributed by atoms with Gasteiger partial charge in [-0.25, -0.2) is 0 Å². The molecule has 9 heteroatoms. The number of benzene rings is 1. The van der Waals surface area contributed by atoms with Gasteiger partial charge in [0.05, 0.1) is 0 Å². The lowest BCUT2D eigenvalue weighted by Gasteiger charge is -2.30. The van der Waals surface area contributed by atoms with Crippen molar-refractivity contribution in [1.82, 2.24) is 5.32 Å². The van der Waals surface area contributed by atoms with E-state index < -0.39 is 11.4 Å². The molecular formula is C24H36ClN5O3. The molecule has 33 heavy (non-hydrogen) atoms.